The number of carbonyl (C=O) groups is 1. The molecule has 19 heavy (non-hydrogen) atoms. The molecule has 0 aromatic heterocycles. The highest BCUT2D eigenvalue weighted by atomic mass is 16.5. The van der Waals surface area contributed by atoms with Gasteiger partial charge < -0.3 is 15.4 Å². The van der Waals surface area contributed by atoms with Gasteiger partial charge in [-0.3, -0.25) is 4.79 Å². The van der Waals surface area contributed by atoms with Crippen LogP contribution in [-0.2, 0) is 9.53 Å². The second-order valence-electron chi connectivity index (χ2n) is 6.70. The molecule has 1 aliphatic carbocycles. The van der Waals surface area contributed by atoms with Gasteiger partial charge in [0.2, 0.25) is 5.91 Å². The fourth-order valence-corrected chi connectivity index (χ4v) is 3.96. The predicted molar refractivity (Wildman–Crippen MR) is 73.9 cm³/mol. The Labute approximate surface area is 115 Å². The molecule has 4 nitrogen and oxygen atoms in total. The van der Waals surface area contributed by atoms with E-state index in [2.05, 4.69) is 10.6 Å². The number of fused-ring (bicyclic) bond motifs is 2. The first kappa shape index (κ1) is 13.4. The zero-order valence-corrected chi connectivity index (χ0v) is 11.9. The van der Waals surface area contributed by atoms with Crippen LogP contribution < -0.4 is 10.6 Å². The van der Waals surface area contributed by atoms with E-state index in [-0.39, 0.29) is 11.5 Å². The van der Waals surface area contributed by atoms with Crippen LogP contribution in [-0.4, -0.2) is 37.2 Å². The molecule has 0 aromatic carbocycles. The third-order valence-corrected chi connectivity index (χ3v) is 5.35. The SMILES string of the molecule is COC1(CNC(=O)CC2CC3CCC(C2)N3)CCC1. The van der Waals surface area contributed by atoms with Crippen LogP contribution in [0.4, 0.5) is 0 Å². The van der Waals surface area contributed by atoms with Gasteiger partial charge in [0, 0.05) is 32.2 Å². The Morgan fingerprint density at radius 3 is 2.53 bits per heavy atom. The van der Waals surface area contributed by atoms with Gasteiger partial charge in [0.1, 0.15) is 0 Å². The number of rotatable bonds is 5. The van der Waals surface area contributed by atoms with Gasteiger partial charge in [-0.05, 0) is 50.9 Å². The molecule has 2 atom stereocenters. The van der Waals surface area contributed by atoms with Gasteiger partial charge in [-0.1, -0.05) is 0 Å². The highest BCUT2D eigenvalue weighted by molar-refractivity contribution is 5.76. The highest BCUT2D eigenvalue weighted by Gasteiger charge is 2.38. The molecule has 2 bridgehead atoms. The first-order valence-corrected chi connectivity index (χ1v) is 7.77. The van der Waals surface area contributed by atoms with Gasteiger partial charge >= 0.3 is 0 Å². The normalized spacial score (nSPS) is 35.7. The predicted octanol–water partition coefficient (Wildman–Crippen LogP) is 1.59. The Bertz CT molecular complexity index is 324. The van der Waals surface area contributed by atoms with E-state index in [9.17, 15) is 4.79 Å². The van der Waals surface area contributed by atoms with Gasteiger partial charge in [0.05, 0.1) is 5.60 Å². The zero-order valence-electron chi connectivity index (χ0n) is 11.9. The number of ether oxygens (including phenoxy) is 1. The van der Waals surface area contributed by atoms with Gasteiger partial charge in [-0.15, -0.1) is 0 Å². The summed E-state index contributed by atoms with van der Waals surface area (Å²) in [6.45, 7) is 0.695. The van der Waals surface area contributed by atoms with Crippen LogP contribution in [0, 0.1) is 5.92 Å². The summed E-state index contributed by atoms with van der Waals surface area (Å²) >= 11 is 0. The van der Waals surface area contributed by atoms with Crippen molar-refractivity contribution >= 4 is 5.91 Å². The Morgan fingerprint density at radius 2 is 2.00 bits per heavy atom. The van der Waals surface area contributed by atoms with Crippen LogP contribution in [0.3, 0.4) is 0 Å². The van der Waals surface area contributed by atoms with Crippen LogP contribution in [0.25, 0.3) is 0 Å². The van der Waals surface area contributed by atoms with E-state index in [1.54, 1.807) is 7.11 Å². The third-order valence-electron chi connectivity index (χ3n) is 5.35. The van der Waals surface area contributed by atoms with Crippen molar-refractivity contribution < 1.29 is 9.53 Å². The Hall–Kier alpha value is -0.610. The van der Waals surface area contributed by atoms with Crippen LogP contribution >= 0.6 is 0 Å². The lowest BCUT2D eigenvalue weighted by Gasteiger charge is -2.40. The molecule has 0 aromatic rings. The minimum absolute atomic E-state index is 0.0528. The number of methoxy groups -OCH3 is 1. The van der Waals surface area contributed by atoms with Crippen molar-refractivity contribution in [2.75, 3.05) is 13.7 Å². The summed E-state index contributed by atoms with van der Waals surface area (Å²) < 4.78 is 5.53. The summed E-state index contributed by atoms with van der Waals surface area (Å²) in [6, 6.07) is 1.35. The Morgan fingerprint density at radius 1 is 1.32 bits per heavy atom. The van der Waals surface area contributed by atoms with E-state index < -0.39 is 0 Å². The van der Waals surface area contributed by atoms with E-state index in [0.29, 0.717) is 31.0 Å². The summed E-state index contributed by atoms with van der Waals surface area (Å²) in [6.07, 6.45) is 9.06. The highest BCUT2D eigenvalue weighted by Crippen LogP contribution is 2.35. The molecule has 2 aliphatic heterocycles. The molecule has 3 fully saturated rings. The third kappa shape index (κ3) is 2.95. The van der Waals surface area contributed by atoms with Crippen LogP contribution in [0.2, 0.25) is 0 Å². The molecule has 0 radical (unpaired) electrons. The number of amides is 1. The smallest absolute Gasteiger partial charge is 0.220 e. The van der Waals surface area contributed by atoms with Gasteiger partial charge in [-0.25, -0.2) is 0 Å². The molecule has 3 aliphatic rings. The molecule has 1 saturated carbocycles. The number of carbonyl (C=O) groups excluding carboxylic acids is 1. The van der Waals surface area contributed by atoms with Crippen molar-refractivity contribution in [3.8, 4) is 0 Å². The quantitative estimate of drug-likeness (QED) is 0.794. The Kier molecular flexibility index (Phi) is 3.81. The maximum absolute atomic E-state index is 12.1. The van der Waals surface area contributed by atoms with Crippen LogP contribution in [0.15, 0.2) is 0 Å². The maximum atomic E-state index is 12.1. The molecule has 4 heteroatoms. The topological polar surface area (TPSA) is 50.4 Å². The van der Waals surface area contributed by atoms with Crippen molar-refractivity contribution in [2.24, 2.45) is 5.92 Å². The van der Waals surface area contributed by atoms with E-state index in [1.165, 1.54) is 32.1 Å². The molecule has 2 saturated heterocycles. The average molecular weight is 266 g/mol. The summed E-state index contributed by atoms with van der Waals surface area (Å²) in [7, 11) is 1.76. The van der Waals surface area contributed by atoms with E-state index in [4.69, 9.17) is 4.74 Å². The van der Waals surface area contributed by atoms with E-state index in [1.807, 2.05) is 0 Å². The van der Waals surface area contributed by atoms with Crippen molar-refractivity contribution in [3.63, 3.8) is 0 Å². The van der Waals surface area contributed by atoms with Crippen LogP contribution in [0.1, 0.15) is 51.4 Å². The maximum Gasteiger partial charge on any atom is 0.220 e. The summed E-state index contributed by atoms with van der Waals surface area (Å²) in [5.41, 5.74) is -0.0528. The van der Waals surface area contributed by atoms with Crippen molar-refractivity contribution in [3.05, 3.63) is 0 Å². The molecule has 3 rings (SSSR count). The van der Waals surface area contributed by atoms with Crippen molar-refractivity contribution in [1.82, 2.24) is 10.6 Å². The lowest BCUT2D eigenvalue weighted by Crippen LogP contribution is -2.49. The molecule has 1 amide bonds. The molecule has 0 spiro atoms. The van der Waals surface area contributed by atoms with Gasteiger partial charge in [-0.2, -0.15) is 0 Å². The number of nitrogens with one attached hydrogen (secondary N) is 2. The minimum atomic E-state index is -0.0528. The standard InChI is InChI=1S/C15H26N2O2/c1-19-15(5-2-6-15)10-16-14(18)9-11-7-12-3-4-13(8-11)17-12/h11-13,17H,2-10H2,1H3,(H,16,18). The molecule has 2 heterocycles. The van der Waals surface area contributed by atoms with Gasteiger partial charge in [0.25, 0.3) is 0 Å². The summed E-state index contributed by atoms with van der Waals surface area (Å²) in [5, 5.41) is 6.71. The second-order valence-corrected chi connectivity index (χ2v) is 6.70. The largest absolute Gasteiger partial charge is 0.376 e. The summed E-state index contributed by atoms with van der Waals surface area (Å²) in [5.74, 6) is 0.799. The van der Waals surface area contributed by atoms with Crippen LogP contribution in [0.5, 0.6) is 0 Å². The van der Waals surface area contributed by atoms with Crippen molar-refractivity contribution in [1.29, 1.82) is 0 Å². The molecular weight excluding hydrogens is 240 g/mol. The number of hydrogen-bond acceptors (Lipinski definition) is 3. The van der Waals surface area contributed by atoms with Gasteiger partial charge in [0.15, 0.2) is 0 Å². The monoisotopic (exact) mass is 266 g/mol. The lowest BCUT2D eigenvalue weighted by atomic mass is 9.80. The van der Waals surface area contributed by atoms with E-state index >= 15 is 0 Å². The van der Waals surface area contributed by atoms with Crippen molar-refractivity contribution in [2.45, 2.75) is 69.1 Å². The summed E-state index contributed by atoms with van der Waals surface area (Å²) in [4.78, 5) is 12.1. The van der Waals surface area contributed by atoms with E-state index in [0.717, 1.165) is 12.8 Å². The second kappa shape index (κ2) is 5.41. The lowest BCUT2D eigenvalue weighted by molar-refractivity contribution is -0.126. The molecular formula is C15H26N2O2. The number of piperidine rings is 1. The molecule has 108 valence electrons. The zero-order chi connectivity index (χ0) is 13.3. The number of hydrogen-bond donors (Lipinski definition) is 2. The average Bonchev–Trinajstić information content (AvgIpc) is 2.68. The first-order valence-electron chi connectivity index (χ1n) is 7.77. The first-order chi connectivity index (χ1) is 9.19. The fraction of sp³-hybridized carbons (Fsp3) is 0.933. The molecule has 2 N–H and O–H groups in total. The molecule has 2 unspecified atom stereocenters. The minimum Gasteiger partial charge on any atom is -0.376 e. The fourth-order valence-electron chi connectivity index (χ4n) is 3.96. The Balaban J connectivity index is 1.41.